The molecule has 0 saturated heterocycles. The number of aliphatic hydroxyl groups is 1. The van der Waals surface area contributed by atoms with Crippen molar-refractivity contribution in [3.63, 3.8) is 0 Å². The summed E-state index contributed by atoms with van der Waals surface area (Å²) >= 11 is 0. The molecule has 1 aliphatic rings. The van der Waals surface area contributed by atoms with Gasteiger partial charge in [-0.1, -0.05) is 24.3 Å². The van der Waals surface area contributed by atoms with Crippen LogP contribution in [0, 0.1) is 12.8 Å². The molecule has 0 aromatic heterocycles. The Morgan fingerprint density at radius 3 is 2.69 bits per heavy atom. The SMILES string of the molecule is Cc1ccccc1C(C)NCC(O)C1CC1. The first-order chi connectivity index (χ1) is 7.68. The molecule has 2 nitrogen and oxygen atoms in total. The van der Waals surface area contributed by atoms with Gasteiger partial charge in [-0.3, -0.25) is 0 Å². The molecule has 1 fully saturated rings. The summed E-state index contributed by atoms with van der Waals surface area (Å²) in [6, 6.07) is 8.72. The van der Waals surface area contributed by atoms with Crippen molar-refractivity contribution < 1.29 is 5.11 Å². The van der Waals surface area contributed by atoms with Crippen LogP contribution in [0.1, 0.15) is 36.9 Å². The van der Waals surface area contributed by atoms with Gasteiger partial charge in [0, 0.05) is 12.6 Å². The molecule has 88 valence electrons. The van der Waals surface area contributed by atoms with Gasteiger partial charge >= 0.3 is 0 Å². The van der Waals surface area contributed by atoms with Gasteiger partial charge in [-0.2, -0.15) is 0 Å². The lowest BCUT2D eigenvalue weighted by molar-refractivity contribution is 0.145. The summed E-state index contributed by atoms with van der Waals surface area (Å²) in [5, 5.41) is 13.2. The van der Waals surface area contributed by atoms with Gasteiger partial charge < -0.3 is 10.4 Å². The summed E-state index contributed by atoms with van der Waals surface area (Å²) in [5.74, 6) is 0.552. The van der Waals surface area contributed by atoms with Crippen LogP contribution in [0.25, 0.3) is 0 Å². The normalized spacial score (nSPS) is 19.4. The van der Waals surface area contributed by atoms with Gasteiger partial charge in [0.05, 0.1) is 6.10 Å². The lowest BCUT2D eigenvalue weighted by Crippen LogP contribution is -2.30. The predicted octanol–water partition coefficient (Wildman–Crippen LogP) is 2.42. The minimum absolute atomic E-state index is 0.161. The van der Waals surface area contributed by atoms with Crippen molar-refractivity contribution in [2.75, 3.05) is 6.54 Å². The molecule has 1 saturated carbocycles. The van der Waals surface area contributed by atoms with Crippen LogP contribution in [0.3, 0.4) is 0 Å². The van der Waals surface area contributed by atoms with E-state index in [2.05, 4.69) is 43.4 Å². The van der Waals surface area contributed by atoms with Gasteiger partial charge in [0.15, 0.2) is 0 Å². The highest BCUT2D eigenvalue weighted by Gasteiger charge is 2.29. The van der Waals surface area contributed by atoms with Crippen LogP contribution in [-0.2, 0) is 0 Å². The fraction of sp³-hybridized carbons (Fsp3) is 0.571. The number of aliphatic hydroxyl groups excluding tert-OH is 1. The van der Waals surface area contributed by atoms with Crippen molar-refractivity contribution in [2.45, 2.75) is 38.8 Å². The molecular formula is C14H21NO. The summed E-state index contributed by atoms with van der Waals surface area (Å²) in [6.07, 6.45) is 2.23. The van der Waals surface area contributed by atoms with Crippen molar-refractivity contribution >= 4 is 0 Å². The van der Waals surface area contributed by atoms with Crippen LogP contribution in [0.4, 0.5) is 0 Å². The standard InChI is InChI=1S/C14H21NO/c1-10-5-3-4-6-13(10)11(2)15-9-14(16)12-7-8-12/h3-6,11-12,14-16H,7-9H2,1-2H3. The molecule has 2 heteroatoms. The van der Waals surface area contributed by atoms with E-state index in [0.717, 1.165) is 0 Å². The maximum atomic E-state index is 9.79. The van der Waals surface area contributed by atoms with Gasteiger partial charge in [-0.15, -0.1) is 0 Å². The first-order valence-corrected chi connectivity index (χ1v) is 6.15. The van der Waals surface area contributed by atoms with Crippen molar-refractivity contribution in [3.8, 4) is 0 Å². The van der Waals surface area contributed by atoms with Gasteiger partial charge in [-0.25, -0.2) is 0 Å². The lowest BCUT2D eigenvalue weighted by Gasteiger charge is -2.18. The minimum atomic E-state index is -0.161. The Balaban J connectivity index is 1.87. The quantitative estimate of drug-likeness (QED) is 0.797. The van der Waals surface area contributed by atoms with E-state index in [1.165, 1.54) is 24.0 Å². The molecule has 2 atom stereocenters. The summed E-state index contributed by atoms with van der Waals surface area (Å²) in [5.41, 5.74) is 2.63. The molecule has 2 rings (SSSR count). The average molecular weight is 219 g/mol. The van der Waals surface area contributed by atoms with Crippen molar-refractivity contribution in [2.24, 2.45) is 5.92 Å². The summed E-state index contributed by atoms with van der Waals surface area (Å²) in [7, 11) is 0. The van der Waals surface area contributed by atoms with Gasteiger partial charge in [0.1, 0.15) is 0 Å². The number of nitrogens with one attached hydrogen (secondary N) is 1. The Morgan fingerprint density at radius 1 is 1.38 bits per heavy atom. The summed E-state index contributed by atoms with van der Waals surface area (Å²) < 4.78 is 0. The first kappa shape index (κ1) is 11.6. The molecule has 16 heavy (non-hydrogen) atoms. The Labute approximate surface area is 97.7 Å². The highest BCUT2D eigenvalue weighted by atomic mass is 16.3. The van der Waals surface area contributed by atoms with E-state index >= 15 is 0 Å². The molecule has 1 aromatic rings. The summed E-state index contributed by atoms with van der Waals surface area (Å²) in [6.45, 7) is 4.99. The third-order valence-electron chi connectivity index (χ3n) is 3.45. The molecule has 0 aliphatic heterocycles. The van der Waals surface area contributed by atoms with Crippen molar-refractivity contribution in [1.29, 1.82) is 0 Å². The van der Waals surface area contributed by atoms with Crippen LogP contribution in [0.5, 0.6) is 0 Å². The molecule has 2 N–H and O–H groups in total. The molecule has 0 radical (unpaired) electrons. The zero-order valence-electron chi connectivity index (χ0n) is 10.1. The Kier molecular flexibility index (Phi) is 3.62. The Hall–Kier alpha value is -0.860. The molecule has 0 amide bonds. The molecule has 0 bridgehead atoms. The monoisotopic (exact) mass is 219 g/mol. The molecule has 1 aliphatic carbocycles. The van der Waals surface area contributed by atoms with Crippen molar-refractivity contribution in [3.05, 3.63) is 35.4 Å². The van der Waals surface area contributed by atoms with Crippen LogP contribution in [-0.4, -0.2) is 17.8 Å². The van der Waals surface area contributed by atoms with E-state index in [9.17, 15) is 5.11 Å². The molecule has 0 heterocycles. The van der Waals surface area contributed by atoms with E-state index in [-0.39, 0.29) is 6.10 Å². The number of hydrogen-bond acceptors (Lipinski definition) is 2. The smallest absolute Gasteiger partial charge is 0.0692 e. The predicted molar refractivity (Wildman–Crippen MR) is 66.3 cm³/mol. The average Bonchev–Trinajstić information content (AvgIpc) is 3.10. The van der Waals surface area contributed by atoms with E-state index in [1.807, 2.05) is 0 Å². The zero-order valence-corrected chi connectivity index (χ0v) is 10.1. The van der Waals surface area contributed by atoms with Gasteiger partial charge in [-0.05, 0) is 43.7 Å². The topological polar surface area (TPSA) is 32.3 Å². The maximum Gasteiger partial charge on any atom is 0.0692 e. The number of rotatable bonds is 5. The van der Waals surface area contributed by atoms with Crippen LogP contribution in [0.2, 0.25) is 0 Å². The Bertz CT molecular complexity index is 346. The Morgan fingerprint density at radius 2 is 2.06 bits per heavy atom. The van der Waals surface area contributed by atoms with Gasteiger partial charge in [0.25, 0.3) is 0 Å². The maximum absolute atomic E-state index is 9.79. The van der Waals surface area contributed by atoms with Crippen LogP contribution < -0.4 is 5.32 Å². The van der Waals surface area contributed by atoms with Gasteiger partial charge in [0.2, 0.25) is 0 Å². The molecule has 2 unspecified atom stereocenters. The number of benzene rings is 1. The number of aryl methyl sites for hydroxylation is 1. The van der Waals surface area contributed by atoms with E-state index in [4.69, 9.17) is 0 Å². The fourth-order valence-electron chi connectivity index (χ4n) is 2.13. The molecule has 0 spiro atoms. The second kappa shape index (κ2) is 4.98. The van der Waals surface area contributed by atoms with E-state index < -0.39 is 0 Å². The van der Waals surface area contributed by atoms with Crippen molar-refractivity contribution in [1.82, 2.24) is 5.32 Å². The third-order valence-corrected chi connectivity index (χ3v) is 3.45. The summed E-state index contributed by atoms with van der Waals surface area (Å²) in [4.78, 5) is 0. The minimum Gasteiger partial charge on any atom is -0.392 e. The fourth-order valence-corrected chi connectivity index (χ4v) is 2.13. The second-order valence-corrected chi connectivity index (χ2v) is 4.89. The largest absolute Gasteiger partial charge is 0.392 e. The van der Waals surface area contributed by atoms with E-state index in [1.54, 1.807) is 0 Å². The molecular weight excluding hydrogens is 198 g/mol. The first-order valence-electron chi connectivity index (χ1n) is 6.15. The lowest BCUT2D eigenvalue weighted by atomic mass is 10.0. The van der Waals surface area contributed by atoms with Crippen LogP contribution in [0.15, 0.2) is 24.3 Å². The highest BCUT2D eigenvalue weighted by molar-refractivity contribution is 5.28. The zero-order chi connectivity index (χ0) is 11.5. The number of hydrogen-bond donors (Lipinski definition) is 2. The van der Waals surface area contributed by atoms with E-state index in [0.29, 0.717) is 18.5 Å². The third kappa shape index (κ3) is 2.83. The highest BCUT2D eigenvalue weighted by Crippen LogP contribution is 2.32. The molecule has 1 aromatic carbocycles. The van der Waals surface area contributed by atoms with Crippen LogP contribution >= 0.6 is 0 Å². The second-order valence-electron chi connectivity index (χ2n) is 4.89.